The van der Waals surface area contributed by atoms with Crippen LogP contribution in [-0.2, 0) is 6.42 Å². The second-order valence-corrected chi connectivity index (χ2v) is 7.29. The van der Waals surface area contributed by atoms with Crippen molar-refractivity contribution in [3.63, 3.8) is 0 Å². The number of fused-ring (bicyclic) bond motifs is 1. The molecule has 1 aliphatic rings. The van der Waals surface area contributed by atoms with Crippen molar-refractivity contribution >= 4 is 41.3 Å². The van der Waals surface area contributed by atoms with Gasteiger partial charge in [0.25, 0.3) is 0 Å². The van der Waals surface area contributed by atoms with Gasteiger partial charge in [-0.3, -0.25) is 4.99 Å². The van der Waals surface area contributed by atoms with E-state index in [9.17, 15) is 0 Å². The normalized spacial score (nSPS) is 14.0. The lowest BCUT2D eigenvalue weighted by Crippen LogP contribution is -2.42. The minimum atomic E-state index is 0. The quantitative estimate of drug-likeness (QED) is 0.346. The first-order chi connectivity index (χ1) is 12.7. The number of ether oxygens (including phenoxy) is 2. The van der Waals surface area contributed by atoms with E-state index in [2.05, 4.69) is 58.2 Å². The average Bonchev–Trinajstić information content (AvgIpc) is 3.31. The Hall–Kier alpha value is -1.52. The fourth-order valence-electron chi connectivity index (χ4n) is 2.85. The maximum Gasteiger partial charge on any atom is 0.231 e. The van der Waals surface area contributed by atoms with E-state index < -0.39 is 0 Å². The Morgan fingerprint density at radius 2 is 2.04 bits per heavy atom. The van der Waals surface area contributed by atoms with E-state index in [0.29, 0.717) is 12.8 Å². The molecule has 2 N–H and O–H groups in total. The monoisotopic (exact) mass is 502 g/mol. The van der Waals surface area contributed by atoms with Crippen molar-refractivity contribution in [2.45, 2.75) is 12.5 Å². The maximum absolute atomic E-state index is 5.43. The number of likely N-dealkylation sites (N-methyl/N-ethyl adjacent to an activating group) is 1. The fourth-order valence-corrected chi connectivity index (χ4v) is 3.78. The van der Waals surface area contributed by atoms with Crippen molar-refractivity contribution in [3.05, 3.63) is 46.2 Å². The van der Waals surface area contributed by atoms with E-state index in [4.69, 9.17) is 9.47 Å². The lowest BCUT2D eigenvalue weighted by molar-refractivity contribution is 0.174. The summed E-state index contributed by atoms with van der Waals surface area (Å²) in [5.74, 6) is 2.46. The van der Waals surface area contributed by atoms with Crippen LogP contribution in [0, 0.1) is 0 Å². The zero-order chi connectivity index (χ0) is 18.4. The Labute approximate surface area is 182 Å². The van der Waals surface area contributed by atoms with Crippen molar-refractivity contribution in [2.24, 2.45) is 4.99 Å². The third-order valence-electron chi connectivity index (χ3n) is 4.32. The summed E-state index contributed by atoms with van der Waals surface area (Å²) < 4.78 is 10.8. The molecule has 1 unspecified atom stereocenters. The molecule has 148 valence electrons. The number of rotatable bonds is 7. The number of nitrogens with one attached hydrogen (secondary N) is 2. The van der Waals surface area contributed by atoms with Gasteiger partial charge in [-0.2, -0.15) is 0 Å². The molecule has 0 saturated carbocycles. The summed E-state index contributed by atoms with van der Waals surface area (Å²) in [6.07, 6.45) is 0.888. The minimum absolute atomic E-state index is 0. The SMILES string of the molecule is CN=C(NCCc1ccc2c(c1)OCO2)NCC(c1cccs1)N(C)C.I. The van der Waals surface area contributed by atoms with Gasteiger partial charge in [0.15, 0.2) is 17.5 Å². The van der Waals surface area contributed by atoms with E-state index in [1.165, 1.54) is 10.4 Å². The highest BCUT2D eigenvalue weighted by Gasteiger charge is 2.16. The second-order valence-electron chi connectivity index (χ2n) is 6.31. The number of guanidine groups is 1. The number of benzene rings is 1. The van der Waals surface area contributed by atoms with Crippen LogP contribution in [-0.4, -0.2) is 51.9 Å². The molecule has 1 aliphatic heterocycles. The second kappa shape index (κ2) is 10.7. The Balaban J connectivity index is 0.00000261. The highest BCUT2D eigenvalue weighted by atomic mass is 127. The Kier molecular flexibility index (Phi) is 8.65. The molecule has 1 aromatic carbocycles. The smallest absolute Gasteiger partial charge is 0.231 e. The van der Waals surface area contributed by atoms with E-state index in [0.717, 1.165) is 37.0 Å². The Morgan fingerprint density at radius 1 is 1.22 bits per heavy atom. The van der Waals surface area contributed by atoms with Gasteiger partial charge < -0.3 is 25.0 Å². The van der Waals surface area contributed by atoms with Crippen LogP contribution in [0.15, 0.2) is 40.7 Å². The third kappa shape index (κ3) is 5.98. The molecule has 0 amide bonds. The molecular formula is C19H27IN4O2S. The first-order valence-corrected chi connectivity index (χ1v) is 9.58. The van der Waals surface area contributed by atoms with Crippen LogP contribution < -0.4 is 20.1 Å². The summed E-state index contributed by atoms with van der Waals surface area (Å²) in [5, 5.41) is 8.92. The summed E-state index contributed by atoms with van der Waals surface area (Å²) in [5.41, 5.74) is 1.21. The van der Waals surface area contributed by atoms with Crippen LogP contribution >= 0.6 is 35.3 Å². The predicted octanol–water partition coefficient (Wildman–Crippen LogP) is 3.11. The molecule has 27 heavy (non-hydrogen) atoms. The number of hydrogen-bond acceptors (Lipinski definition) is 5. The van der Waals surface area contributed by atoms with Crippen LogP contribution in [0.4, 0.5) is 0 Å². The van der Waals surface area contributed by atoms with Gasteiger partial charge in [-0.15, -0.1) is 35.3 Å². The molecule has 0 aliphatic carbocycles. The summed E-state index contributed by atoms with van der Waals surface area (Å²) in [6, 6.07) is 10.7. The molecule has 0 radical (unpaired) electrons. The van der Waals surface area contributed by atoms with Gasteiger partial charge in [0.05, 0.1) is 6.04 Å². The first-order valence-electron chi connectivity index (χ1n) is 8.70. The summed E-state index contributed by atoms with van der Waals surface area (Å²) in [6.45, 7) is 1.91. The number of nitrogens with zero attached hydrogens (tertiary/aromatic N) is 2. The Morgan fingerprint density at radius 3 is 2.74 bits per heavy atom. The molecule has 8 heteroatoms. The summed E-state index contributed by atoms with van der Waals surface area (Å²) in [7, 11) is 6.00. The highest BCUT2D eigenvalue weighted by molar-refractivity contribution is 14.0. The molecular weight excluding hydrogens is 475 g/mol. The van der Waals surface area contributed by atoms with Crippen molar-refractivity contribution in [1.82, 2.24) is 15.5 Å². The van der Waals surface area contributed by atoms with Gasteiger partial charge in [0.2, 0.25) is 6.79 Å². The molecule has 0 spiro atoms. The van der Waals surface area contributed by atoms with Crippen molar-refractivity contribution < 1.29 is 9.47 Å². The molecule has 3 rings (SSSR count). The van der Waals surface area contributed by atoms with Gasteiger partial charge in [-0.25, -0.2) is 0 Å². The van der Waals surface area contributed by atoms with Crippen LogP contribution in [0.5, 0.6) is 11.5 Å². The highest BCUT2D eigenvalue weighted by Crippen LogP contribution is 2.32. The standard InChI is InChI=1S/C19H26N4O2S.HI/c1-20-19(22-12-15(23(2)3)18-5-4-10-26-18)21-9-8-14-6-7-16-17(11-14)25-13-24-16;/h4-7,10-11,15H,8-9,12-13H2,1-3H3,(H2,20,21,22);1H. The molecule has 0 saturated heterocycles. The van der Waals surface area contributed by atoms with Gasteiger partial charge in [-0.1, -0.05) is 12.1 Å². The van der Waals surface area contributed by atoms with E-state index in [1.54, 1.807) is 18.4 Å². The number of hydrogen-bond donors (Lipinski definition) is 2. The molecule has 1 atom stereocenters. The first kappa shape index (κ1) is 21.8. The van der Waals surface area contributed by atoms with E-state index in [1.807, 2.05) is 12.1 Å². The topological polar surface area (TPSA) is 58.1 Å². The number of aliphatic imine (C=N–C) groups is 1. The molecule has 2 aromatic rings. The lowest BCUT2D eigenvalue weighted by Gasteiger charge is -2.24. The van der Waals surface area contributed by atoms with Crippen LogP contribution in [0.2, 0.25) is 0 Å². The zero-order valence-electron chi connectivity index (χ0n) is 15.9. The Bertz CT molecular complexity index is 737. The lowest BCUT2D eigenvalue weighted by atomic mass is 10.1. The van der Waals surface area contributed by atoms with Gasteiger partial charge in [0.1, 0.15) is 0 Å². The van der Waals surface area contributed by atoms with Crippen LogP contribution in [0.25, 0.3) is 0 Å². The zero-order valence-corrected chi connectivity index (χ0v) is 19.0. The predicted molar refractivity (Wildman–Crippen MR) is 122 cm³/mol. The third-order valence-corrected chi connectivity index (χ3v) is 5.30. The summed E-state index contributed by atoms with van der Waals surface area (Å²) >= 11 is 1.78. The molecule has 6 nitrogen and oxygen atoms in total. The van der Waals surface area contributed by atoms with Gasteiger partial charge >= 0.3 is 0 Å². The number of halogens is 1. The van der Waals surface area contributed by atoms with Crippen molar-refractivity contribution in [3.8, 4) is 11.5 Å². The average molecular weight is 502 g/mol. The molecule has 2 heterocycles. The van der Waals surface area contributed by atoms with Crippen LogP contribution in [0.3, 0.4) is 0 Å². The molecule has 0 fully saturated rings. The van der Waals surface area contributed by atoms with E-state index >= 15 is 0 Å². The van der Waals surface area contributed by atoms with E-state index in [-0.39, 0.29) is 24.0 Å². The summed E-state index contributed by atoms with van der Waals surface area (Å²) in [4.78, 5) is 7.89. The molecule has 0 bridgehead atoms. The van der Waals surface area contributed by atoms with Gasteiger partial charge in [-0.05, 0) is 49.7 Å². The maximum atomic E-state index is 5.43. The van der Waals surface area contributed by atoms with Crippen LogP contribution in [0.1, 0.15) is 16.5 Å². The van der Waals surface area contributed by atoms with Crippen molar-refractivity contribution in [1.29, 1.82) is 0 Å². The number of thiophene rings is 1. The minimum Gasteiger partial charge on any atom is -0.454 e. The fraction of sp³-hybridized carbons (Fsp3) is 0.421. The van der Waals surface area contributed by atoms with Crippen molar-refractivity contribution in [2.75, 3.05) is 41.0 Å². The molecule has 1 aromatic heterocycles. The van der Waals surface area contributed by atoms with Gasteiger partial charge in [0, 0.05) is 25.0 Å². The largest absolute Gasteiger partial charge is 0.454 e.